The van der Waals surface area contributed by atoms with Crippen LogP contribution in [0.1, 0.15) is 32.0 Å². The van der Waals surface area contributed by atoms with Gasteiger partial charge in [0.1, 0.15) is 5.82 Å². The molecule has 1 aromatic heterocycles. The summed E-state index contributed by atoms with van der Waals surface area (Å²) in [6, 6.07) is 0.0126. The minimum atomic E-state index is -4.42. The van der Waals surface area contributed by atoms with Crippen LogP contribution < -0.4 is 5.32 Å². The highest BCUT2D eigenvalue weighted by molar-refractivity contribution is 9.10. The van der Waals surface area contributed by atoms with Crippen LogP contribution in [0.2, 0.25) is 0 Å². The van der Waals surface area contributed by atoms with E-state index in [9.17, 15) is 13.2 Å². The number of nitrogens with one attached hydrogen (secondary N) is 1. The molecule has 2 rings (SSSR count). The van der Waals surface area contributed by atoms with Crippen LogP contribution in [0.5, 0.6) is 0 Å². The lowest BCUT2D eigenvalue weighted by molar-refractivity contribution is -0.142. The zero-order valence-electron chi connectivity index (χ0n) is 9.48. The number of hydrogen-bond donors (Lipinski definition) is 1. The average molecular weight is 312 g/mol. The zero-order chi connectivity index (χ0) is 12.8. The third-order valence-corrected chi connectivity index (χ3v) is 3.85. The van der Waals surface area contributed by atoms with E-state index in [4.69, 9.17) is 0 Å². The molecule has 1 N–H and O–H groups in total. The summed E-state index contributed by atoms with van der Waals surface area (Å²) in [6.45, 7) is 4.63. The molecule has 2 atom stereocenters. The van der Waals surface area contributed by atoms with Crippen molar-refractivity contribution < 1.29 is 13.2 Å². The Balaban J connectivity index is 2.51. The molecule has 1 aromatic rings. The summed E-state index contributed by atoms with van der Waals surface area (Å²) in [5, 5.41) is 6.70. The van der Waals surface area contributed by atoms with Crippen molar-refractivity contribution in [3.05, 3.63) is 10.2 Å². The average Bonchev–Trinajstić information content (AvgIpc) is 2.56. The van der Waals surface area contributed by atoms with Crippen molar-refractivity contribution in [3.63, 3.8) is 0 Å². The smallest absolute Gasteiger partial charge is 0.369 e. The zero-order valence-corrected chi connectivity index (χ0v) is 11.1. The van der Waals surface area contributed by atoms with Crippen LogP contribution in [-0.4, -0.2) is 16.3 Å². The van der Waals surface area contributed by atoms with Crippen LogP contribution in [0.4, 0.5) is 19.0 Å². The first kappa shape index (κ1) is 12.7. The molecule has 0 bridgehead atoms. The second-order valence-corrected chi connectivity index (χ2v) is 5.08. The molecule has 7 heteroatoms. The van der Waals surface area contributed by atoms with Crippen molar-refractivity contribution in [2.45, 2.75) is 32.5 Å². The van der Waals surface area contributed by atoms with E-state index < -0.39 is 11.9 Å². The summed E-state index contributed by atoms with van der Waals surface area (Å²) in [5.41, 5.74) is -0.854. The summed E-state index contributed by atoms with van der Waals surface area (Å²) in [5.74, 6) is 0.697. The quantitative estimate of drug-likeness (QED) is 0.857. The molecule has 0 aromatic carbocycles. The number of aromatic nitrogens is 2. The lowest BCUT2D eigenvalue weighted by atomic mass is 9.98. The molecule has 0 saturated carbocycles. The van der Waals surface area contributed by atoms with Gasteiger partial charge < -0.3 is 5.32 Å². The Labute approximate surface area is 106 Å². The number of alkyl halides is 3. The predicted octanol–water partition coefficient (Wildman–Crippen LogP) is 3.68. The van der Waals surface area contributed by atoms with E-state index in [-0.39, 0.29) is 16.4 Å². The fourth-order valence-corrected chi connectivity index (χ4v) is 2.83. The molecule has 3 nitrogen and oxygen atoms in total. The standard InChI is InChI=1S/C10H13BrF3N3/c1-3-6-5(2)4-15-9-7(11)8(10(12,13)14)16-17(6)9/h5-6,15H,3-4H2,1-2H3. The summed E-state index contributed by atoms with van der Waals surface area (Å²) in [6.07, 6.45) is -3.66. The number of halogens is 4. The Bertz CT molecular complexity index is 427. The first-order valence-electron chi connectivity index (χ1n) is 5.45. The largest absolute Gasteiger partial charge is 0.436 e. The number of hydrogen-bond acceptors (Lipinski definition) is 2. The lowest BCUT2D eigenvalue weighted by Gasteiger charge is -2.30. The third kappa shape index (κ3) is 2.05. The van der Waals surface area contributed by atoms with Crippen molar-refractivity contribution in [3.8, 4) is 0 Å². The first-order valence-corrected chi connectivity index (χ1v) is 6.24. The van der Waals surface area contributed by atoms with Gasteiger partial charge in [-0.1, -0.05) is 13.8 Å². The van der Waals surface area contributed by atoms with Gasteiger partial charge >= 0.3 is 6.18 Å². The van der Waals surface area contributed by atoms with Gasteiger partial charge in [0, 0.05) is 6.54 Å². The van der Waals surface area contributed by atoms with Gasteiger partial charge in [0.05, 0.1) is 10.5 Å². The Morgan fingerprint density at radius 2 is 2.18 bits per heavy atom. The Morgan fingerprint density at radius 3 is 2.71 bits per heavy atom. The van der Waals surface area contributed by atoms with E-state index in [0.717, 1.165) is 6.42 Å². The number of fused-ring (bicyclic) bond motifs is 1. The Kier molecular flexibility index (Phi) is 3.14. The summed E-state index contributed by atoms with van der Waals surface area (Å²) >= 11 is 2.98. The van der Waals surface area contributed by atoms with E-state index >= 15 is 0 Å². The molecular formula is C10H13BrF3N3. The molecule has 0 saturated heterocycles. The van der Waals surface area contributed by atoms with Gasteiger partial charge in [-0.2, -0.15) is 18.3 Å². The van der Waals surface area contributed by atoms with E-state index in [2.05, 4.69) is 26.3 Å². The summed E-state index contributed by atoms with van der Waals surface area (Å²) < 4.78 is 39.7. The van der Waals surface area contributed by atoms with Crippen molar-refractivity contribution in [1.82, 2.24) is 9.78 Å². The lowest BCUT2D eigenvalue weighted by Crippen LogP contribution is -2.31. The van der Waals surface area contributed by atoms with E-state index in [1.54, 1.807) is 0 Å². The number of anilines is 1. The van der Waals surface area contributed by atoms with Gasteiger partial charge in [-0.3, -0.25) is 0 Å². The predicted molar refractivity (Wildman–Crippen MR) is 61.9 cm³/mol. The highest BCUT2D eigenvalue weighted by Gasteiger charge is 2.41. The molecule has 2 heterocycles. The molecule has 2 unspecified atom stereocenters. The van der Waals surface area contributed by atoms with Gasteiger partial charge in [-0.25, -0.2) is 4.68 Å². The Morgan fingerprint density at radius 1 is 1.53 bits per heavy atom. The highest BCUT2D eigenvalue weighted by atomic mass is 79.9. The summed E-state index contributed by atoms with van der Waals surface area (Å²) in [4.78, 5) is 0. The van der Waals surface area contributed by atoms with Crippen LogP contribution in [0.25, 0.3) is 0 Å². The number of rotatable bonds is 1. The Hall–Kier alpha value is -0.720. The topological polar surface area (TPSA) is 29.9 Å². The molecule has 0 aliphatic carbocycles. The fraction of sp³-hybridized carbons (Fsp3) is 0.700. The first-order chi connectivity index (χ1) is 7.86. The van der Waals surface area contributed by atoms with Crippen LogP contribution in [0, 0.1) is 5.92 Å². The normalized spacial score (nSPS) is 24.4. The SMILES string of the molecule is CCC1C(C)CNc2c(Br)c(C(F)(F)F)nn21. The molecule has 0 radical (unpaired) electrons. The van der Waals surface area contributed by atoms with Crippen molar-refractivity contribution in [1.29, 1.82) is 0 Å². The maximum Gasteiger partial charge on any atom is 0.436 e. The maximum absolute atomic E-state index is 12.7. The molecule has 0 spiro atoms. The minimum absolute atomic E-state index is 0.00958. The molecule has 96 valence electrons. The molecule has 0 amide bonds. The molecular weight excluding hydrogens is 299 g/mol. The summed E-state index contributed by atoms with van der Waals surface area (Å²) in [7, 11) is 0. The van der Waals surface area contributed by atoms with Crippen molar-refractivity contribution in [2.24, 2.45) is 5.92 Å². The fourth-order valence-electron chi connectivity index (χ4n) is 2.20. The molecule has 1 aliphatic rings. The van der Waals surface area contributed by atoms with Gasteiger partial charge in [0.15, 0.2) is 5.69 Å². The van der Waals surface area contributed by atoms with Crippen LogP contribution in [0.3, 0.4) is 0 Å². The molecule has 17 heavy (non-hydrogen) atoms. The van der Waals surface area contributed by atoms with E-state index in [1.165, 1.54) is 4.68 Å². The van der Waals surface area contributed by atoms with Crippen LogP contribution in [-0.2, 0) is 6.18 Å². The second kappa shape index (κ2) is 4.19. The van der Waals surface area contributed by atoms with Crippen LogP contribution >= 0.6 is 15.9 Å². The highest BCUT2D eigenvalue weighted by Crippen LogP contribution is 2.42. The van der Waals surface area contributed by atoms with Gasteiger partial charge in [-0.05, 0) is 28.3 Å². The monoisotopic (exact) mass is 311 g/mol. The second-order valence-electron chi connectivity index (χ2n) is 4.29. The minimum Gasteiger partial charge on any atom is -0.369 e. The van der Waals surface area contributed by atoms with Crippen molar-refractivity contribution in [2.75, 3.05) is 11.9 Å². The van der Waals surface area contributed by atoms with E-state index in [1.807, 2.05) is 13.8 Å². The molecule has 1 aliphatic heterocycles. The number of nitrogens with zero attached hydrogens (tertiary/aromatic N) is 2. The van der Waals surface area contributed by atoms with Gasteiger partial charge in [0.2, 0.25) is 0 Å². The van der Waals surface area contributed by atoms with Gasteiger partial charge in [-0.15, -0.1) is 0 Å². The molecule has 0 fully saturated rings. The van der Waals surface area contributed by atoms with E-state index in [0.29, 0.717) is 12.4 Å². The van der Waals surface area contributed by atoms with Crippen molar-refractivity contribution >= 4 is 21.7 Å². The van der Waals surface area contributed by atoms with Crippen LogP contribution in [0.15, 0.2) is 4.47 Å². The third-order valence-electron chi connectivity index (χ3n) is 3.10. The van der Waals surface area contributed by atoms with Gasteiger partial charge in [0.25, 0.3) is 0 Å². The maximum atomic E-state index is 12.7.